The smallest absolute Gasteiger partial charge is 0.243 e. The lowest BCUT2D eigenvalue weighted by Crippen LogP contribution is -2.40. The second-order valence-corrected chi connectivity index (χ2v) is 7.50. The molecule has 1 heterocycles. The van der Waals surface area contributed by atoms with Gasteiger partial charge in [-0.3, -0.25) is 0 Å². The largest absolute Gasteiger partial charge is 0.491 e. The molecule has 1 N–H and O–H groups in total. The van der Waals surface area contributed by atoms with Crippen LogP contribution in [-0.4, -0.2) is 45.0 Å². The molecule has 1 fully saturated rings. The van der Waals surface area contributed by atoms with E-state index in [1.165, 1.54) is 0 Å². The van der Waals surface area contributed by atoms with Crippen LogP contribution in [0.15, 0.2) is 29.2 Å². The van der Waals surface area contributed by atoms with Crippen LogP contribution in [0.3, 0.4) is 0 Å². The first-order chi connectivity index (χ1) is 9.95. The molecule has 5 nitrogen and oxygen atoms in total. The molecule has 1 unspecified atom stereocenters. The summed E-state index contributed by atoms with van der Waals surface area (Å²) in [6.45, 7) is 5.17. The van der Waals surface area contributed by atoms with E-state index in [2.05, 4.69) is 5.32 Å². The fourth-order valence-corrected chi connectivity index (χ4v) is 4.36. The number of likely N-dealkylation sites (N-methyl/N-ethyl adjacent to an activating group) is 1. The highest BCUT2D eigenvalue weighted by Crippen LogP contribution is 2.27. The van der Waals surface area contributed by atoms with E-state index in [0.717, 1.165) is 12.8 Å². The highest BCUT2D eigenvalue weighted by Gasteiger charge is 2.34. The Morgan fingerprint density at radius 2 is 2.00 bits per heavy atom. The van der Waals surface area contributed by atoms with Crippen LogP contribution in [0.5, 0.6) is 5.75 Å². The molecule has 6 heteroatoms. The summed E-state index contributed by atoms with van der Waals surface area (Å²) in [5, 5.41) is 3.07. The number of rotatable bonds is 6. The summed E-state index contributed by atoms with van der Waals surface area (Å²) < 4.78 is 32.6. The van der Waals surface area contributed by atoms with Crippen molar-refractivity contribution in [2.45, 2.75) is 43.7 Å². The summed E-state index contributed by atoms with van der Waals surface area (Å²) in [6.07, 6.45) is 1.90. The third kappa shape index (κ3) is 3.75. The van der Waals surface area contributed by atoms with Gasteiger partial charge in [-0.1, -0.05) is 0 Å². The molecule has 0 spiro atoms. The second kappa shape index (κ2) is 6.77. The van der Waals surface area contributed by atoms with E-state index in [9.17, 15) is 8.42 Å². The molecule has 1 aromatic carbocycles. The summed E-state index contributed by atoms with van der Waals surface area (Å²) in [7, 11) is -1.57. The zero-order chi connectivity index (χ0) is 15.5. The number of hydrogen-bond acceptors (Lipinski definition) is 4. The summed E-state index contributed by atoms with van der Waals surface area (Å²) in [6, 6.07) is 6.74. The SMILES string of the molecule is CNCC1CCCN1S(=O)(=O)c1ccc(OC(C)C)cc1. The topological polar surface area (TPSA) is 58.6 Å². The molecule has 0 bridgehead atoms. The van der Waals surface area contributed by atoms with Gasteiger partial charge in [-0.25, -0.2) is 8.42 Å². The van der Waals surface area contributed by atoms with Gasteiger partial charge < -0.3 is 10.1 Å². The van der Waals surface area contributed by atoms with Gasteiger partial charge in [-0.05, 0) is 58.0 Å². The number of nitrogens with one attached hydrogen (secondary N) is 1. The number of hydrogen-bond donors (Lipinski definition) is 1. The first kappa shape index (κ1) is 16.3. The molecule has 2 rings (SSSR count). The van der Waals surface area contributed by atoms with Gasteiger partial charge in [0.1, 0.15) is 5.75 Å². The van der Waals surface area contributed by atoms with Crippen molar-refractivity contribution in [1.82, 2.24) is 9.62 Å². The van der Waals surface area contributed by atoms with Crippen LogP contribution < -0.4 is 10.1 Å². The zero-order valence-corrected chi connectivity index (χ0v) is 13.7. The van der Waals surface area contributed by atoms with Crippen molar-refractivity contribution < 1.29 is 13.2 Å². The van der Waals surface area contributed by atoms with E-state index in [1.807, 2.05) is 20.9 Å². The molecular formula is C15H24N2O3S. The fourth-order valence-electron chi connectivity index (χ4n) is 2.66. The monoisotopic (exact) mass is 312 g/mol. The van der Waals surface area contributed by atoms with Crippen LogP contribution in [0.25, 0.3) is 0 Å². The summed E-state index contributed by atoms with van der Waals surface area (Å²) >= 11 is 0. The Balaban J connectivity index is 2.19. The Morgan fingerprint density at radius 3 is 2.57 bits per heavy atom. The first-order valence-electron chi connectivity index (χ1n) is 7.38. The molecule has 118 valence electrons. The van der Waals surface area contributed by atoms with Crippen molar-refractivity contribution in [3.8, 4) is 5.75 Å². The van der Waals surface area contributed by atoms with Crippen LogP contribution in [0, 0.1) is 0 Å². The van der Waals surface area contributed by atoms with Gasteiger partial charge >= 0.3 is 0 Å². The number of ether oxygens (including phenoxy) is 1. The molecule has 1 aromatic rings. The maximum absolute atomic E-state index is 12.7. The Bertz CT molecular complexity index is 555. The highest BCUT2D eigenvalue weighted by atomic mass is 32.2. The van der Waals surface area contributed by atoms with E-state index < -0.39 is 10.0 Å². The Morgan fingerprint density at radius 1 is 1.33 bits per heavy atom. The van der Waals surface area contributed by atoms with Crippen LogP contribution >= 0.6 is 0 Å². The fraction of sp³-hybridized carbons (Fsp3) is 0.600. The van der Waals surface area contributed by atoms with Crippen molar-refractivity contribution in [3.05, 3.63) is 24.3 Å². The molecule has 0 radical (unpaired) electrons. The minimum absolute atomic E-state index is 0.0478. The Hall–Kier alpha value is -1.11. The van der Waals surface area contributed by atoms with Gasteiger partial charge in [0, 0.05) is 19.1 Å². The lowest BCUT2D eigenvalue weighted by Gasteiger charge is -2.24. The van der Waals surface area contributed by atoms with Gasteiger partial charge in [0.2, 0.25) is 10.0 Å². The van der Waals surface area contributed by atoms with Crippen LogP contribution in [0.2, 0.25) is 0 Å². The van der Waals surface area contributed by atoms with Crippen molar-refractivity contribution in [2.75, 3.05) is 20.1 Å². The van der Waals surface area contributed by atoms with Gasteiger partial charge in [-0.15, -0.1) is 0 Å². The molecule has 0 saturated carbocycles. The molecule has 1 aliphatic rings. The van der Waals surface area contributed by atoms with Gasteiger partial charge in [0.05, 0.1) is 11.0 Å². The average molecular weight is 312 g/mol. The van der Waals surface area contributed by atoms with Gasteiger partial charge in [0.25, 0.3) is 0 Å². The third-order valence-corrected chi connectivity index (χ3v) is 5.53. The van der Waals surface area contributed by atoms with Crippen LogP contribution in [-0.2, 0) is 10.0 Å². The highest BCUT2D eigenvalue weighted by molar-refractivity contribution is 7.89. The standard InChI is InChI=1S/C15H24N2O3S/c1-12(2)20-14-6-8-15(9-7-14)21(18,19)17-10-4-5-13(17)11-16-3/h6-9,12-13,16H,4-5,10-11H2,1-3H3. The first-order valence-corrected chi connectivity index (χ1v) is 8.82. The van der Waals surface area contributed by atoms with Crippen LogP contribution in [0.1, 0.15) is 26.7 Å². The lowest BCUT2D eigenvalue weighted by molar-refractivity contribution is 0.242. The zero-order valence-electron chi connectivity index (χ0n) is 12.9. The summed E-state index contributed by atoms with van der Waals surface area (Å²) in [5.41, 5.74) is 0. The Kier molecular flexibility index (Phi) is 5.24. The molecular weight excluding hydrogens is 288 g/mol. The van der Waals surface area contributed by atoms with Crippen molar-refractivity contribution in [1.29, 1.82) is 0 Å². The second-order valence-electron chi connectivity index (χ2n) is 5.61. The minimum atomic E-state index is -3.42. The molecule has 0 amide bonds. The average Bonchev–Trinajstić information content (AvgIpc) is 2.88. The van der Waals surface area contributed by atoms with E-state index >= 15 is 0 Å². The van der Waals surface area contributed by atoms with E-state index in [-0.39, 0.29) is 12.1 Å². The normalized spacial score (nSPS) is 20.1. The maximum Gasteiger partial charge on any atom is 0.243 e. The van der Waals surface area contributed by atoms with E-state index in [4.69, 9.17) is 4.74 Å². The minimum Gasteiger partial charge on any atom is -0.491 e. The van der Waals surface area contributed by atoms with Gasteiger partial charge in [0.15, 0.2) is 0 Å². The number of benzene rings is 1. The molecule has 0 aliphatic carbocycles. The van der Waals surface area contributed by atoms with E-state index in [1.54, 1.807) is 28.6 Å². The molecule has 1 atom stereocenters. The lowest BCUT2D eigenvalue weighted by atomic mass is 10.2. The number of sulfonamides is 1. The predicted octanol–water partition coefficient (Wildman–Crippen LogP) is 1.85. The van der Waals surface area contributed by atoms with Crippen molar-refractivity contribution in [2.24, 2.45) is 0 Å². The summed E-state index contributed by atoms with van der Waals surface area (Å²) in [5.74, 6) is 0.692. The number of nitrogens with zero attached hydrogens (tertiary/aromatic N) is 1. The van der Waals surface area contributed by atoms with Crippen molar-refractivity contribution >= 4 is 10.0 Å². The quantitative estimate of drug-likeness (QED) is 0.871. The molecule has 1 saturated heterocycles. The van der Waals surface area contributed by atoms with Crippen LogP contribution in [0.4, 0.5) is 0 Å². The molecule has 0 aromatic heterocycles. The summed E-state index contributed by atoms with van der Waals surface area (Å²) in [4.78, 5) is 0.335. The van der Waals surface area contributed by atoms with Crippen molar-refractivity contribution in [3.63, 3.8) is 0 Å². The Labute approximate surface area is 127 Å². The third-order valence-electron chi connectivity index (χ3n) is 3.56. The molecule has 21 heavy (non-hydrogen) atoms. The maximum atomic E-state index is 12.7. The van der Waals surface area contributed by atoms with Gasteiger partial charge in [-0.2, -0.15) is 4.31 Å². The molecule has 1 aliphatic heterocycles. The van der Waals surface area contributed by atoms with E-state index in [0.29, 0.717) is 23.7 Å². The predicted molar refractivity (Wildman–Crippen MR) is 83.0 cm³/mol.